The molecule has 5 nitrogen and oxygen atoms in total. The third-order valence-electron chi connectivity index (χ3n) is 5.60. The molecule has 0 spiro atoms. The molecular weight excluding hydrogens is 417 g/mol. The summed E-state index contributed by atoms with van der Waals surface area (Å²) >= 11 is 6.04. The number of aromatic nitrogens is 1. The molecule has 31 heavy (non-hydrogen) atoms. The van der Waals surface area contributed by atoms with Crippen molar-refractivity contribution in [2.75, 3.05) is 26.2 Å². The smallest absolute Gasteiger partial charge is 0.256 e. The van der Waals surface area contributed by atoms with Crippen molar-refractivity contribution in [1.29, 1.82) is 0 Å². The molecule has 0 aliphatic carbocycles. The Morgan fingerprint density at radius 1 is 0.968 bits per heavy atom. The number of carbonyl (C=O) groups excluding carboxylic acids is 2. The maximum Gasteiger partial charge on any atom is 0.256 e. The van der Waals surface area contributed by atoms with E-state index < -0.39 is 5.82 Å². The molecule has 0 radical (unpaired) electrons. The molecule has 1 fully saturated rings. The zero-order valence-corrected chi connectivity index (χ0v) is 18.4. The van der Waals surface area contributed by atoms with Crippen LogP contribution in [0.15, 0.2) is 48.7 Å². The Morgan fingerprint density at radius 3 is 2.19 bits per heavy atom. The van der Waals surface area contributed by atoms with E-state index in [9.17, 15) is 14.0 Å². The first-order valence-corrected chi connectivity index (χ1v) is 10.8. The molecule has 0 bridgehead atoms. The predicted molar refractivity (Wildman–Crippen MR) is 120 cm³/mol. The highest BCUT2D eigenvalue weighted by molar-refractivity contribution is 6.33. The Morgan fingerprint density at radius 2 is 1.58 bits per heavy atom. The molecule has 1 aromatic heterocycles. The van der Waals surface area contributed by atoms with E-state index in [0.29, 0.717) is 37.7 Å². The van der Waals surface area contributed by atoms with Crippen LogP contribution in [-0.4, -0.2) is 52.4 Å². The van der Waals surface area contributed by atoms with E-state index in [1.807, 2.05) is 30.5 Å². The summed E-state index contributed by atoms with van der Waals surface area (Å²) in [5.41, 5.74) is 2.02. The van der Waals surface area contributed by atoms with E-state index in [2.05, 4.69) is 18.4 Å². The van der Waals surface area contributed by atoms with Crippen molar-refractivity contribution in [3.05, 3.63) is 70.6 Å². The predicted octanol–water partition coefficient (Wildman–Crippen LogP) is 4.69. The number of fused-ring (bicyclic) bond motifs is 1. The molecule has 1 saturated heterocycles. The van der Waals surface area contributed by atoms with Crippen LogP contribution >= 0.6 is 11.6 Å². The summed E-state index contributed by atoms with van der Waals surface area (Å²) < 4.78 is 15.4. The first kappa shape index (κ1) is 21.4. The van der Waals surface area contributed by atoms with Gasteiger partial charge in [0.15, 0.2) is 0 Å². The van der Waals surface area contributed by atoms with Crippen molar-refractivity contribution in [1.82, 2.24) is 14.4 Å². The quantitative estimate of drug-likeness (QED) is 0.589. The number of halogens is 2. The lowest BCUT2D eigenvalue weighted by Crippen LogP contribution is -2.50. The molecule has 4 rings (SSSR count). The third-order valence-corrected chi connectivity index (χ3v) is 5.91. The fraction of sp³-hybridized carbons (Fsp3) is 0.333. The molecule has 0 unspecified atom stereocenters. The molecule has 7 heteroatoms. The van der Waals surface area contributed by atoms with Crippen molar-refractivity contribution < 1.29 is 14.0 Å². The summed E-state index contributed by atoms with van der Waals surface area (Å²) in [6.07, 6.45) is 1.95. The molecule has 162 valence electrons. The first-order chi connectivity index (χ1) is 14.8. The molecule has 0 N–H and O–H groups in total. The lowest BCUT2D eigenvalue weighted by molar-refractivity contribution is 0.0536. The standard InChI is InChI=1S/C24H25ClFN3O2/c1-16(2)14-29-15-20(18-5-3-4-6-22(18)29)24(31)28-11-9-27(10-12-28)23(30)19-8-7-17(26)13-21(19)25/h3-8,13,15-16H,9-12,14H2,1-2H3. The van der Waals surface area contributed by atoms with Gasteiger partial charge in [-0.25, -0.2) is 4.39 Å². The van der Waals surface area contributed by atoms with Gasteiger partial charge in [-0.2, -0.15) is 0 Å². The summed E-state index contributed by atoms with van der Waals surface area (Å²) in [4.78, 5) is 29.5. The van der Waals surface area contributed by atoms with Crippen LogP contribution in [0.4, 0.5) is 4.39 Å². The molecule has 1 aliphatic heterocycles. The number of nitrogens with zero attached hydrogens (tertiary/aromatic N) is 3. The molecule has 0 atom stereocenters. The van der Waals surface area contributed by atoms with Gasteiger partial charge in [0.25, 0.3) is 11.8 Å². The van der Waals surface area contributed by atoms with Crippen LogP contribution in [-0.2, 0) is 6.54 Å². The van der Waals surface area contributed by atoms with E-state index in [4.69, 9.17) is 11.6 Å². The maximum atomic E-state index is 13.3. The van der Waals surface area contributed by atoms with Crippen molar-refractivity contribution in [3.8, 4) is 0 Å². The van der Waals surface area contributed by atoms with Gasteiger partial charge in [0.1, 0.15) is 5.82 Å². The summed E-state index contributed by atoms with van der Waals surface area (Å²) in [5.74, 6) is -0.281. The number of hydrogen-bond acceptors (Lipinski definition) is 2. The summed E-state index contributed by atoms with van der Waals surface area (Å²) in [6.45, 7) is 6.83. The zero-order valence-electron chi connectivity index (χ0n) is 17.6. The highest BCUT2D eigenvalue weighted by Gasteiger charge is 2.28. The van der Waals surface area contributed by atoms with Crippen LogP contribution in [0.5, 0.6) is 0 Å². The van der Waals surface area contributed by atoms with E-state index in [1.165, 1.54) is 12.1 Å². The number of hydrogen-bond donors (Lipinski definition) is 0. The molecule has 2 aromatic carbocycles. The van der Waals surface area contributed by atoms with Crippen molar-refractivity contribution in [2.45, 2.75) is 20.4 Å². The highest BCUT2D eigenvalue weighted by atomic mass is 35.5. The van der Waals surface area contributed by atoms with Crippen molar-refractivity contribution >= 4 is 34.3 Å². The Labute approximate surface area is 186 Å². The van der Waals surface area contributed by atoms with Crippen LogP contribution in [0, 0.1) is 11.7 Å². The van der Waals surface area contributed by atoms with Crippen molar-refractivity contribution in [2.24, 2.45) is 5.92 Å². The average Bonchev–Trinajstić information content (AvgIpc) is 3.11. The SMILES string of the molecule is CC(C)Cn1cc(C(=O)N2CCN(C(=O)c3ccc(F)cc3Cl)CC2)c2ccccc21. The number of carbonyl (C=O) groups is 2. The molecule has 3 aromatic rings. The molecular formula is C24H25ClFN3O2. The van der Waals surface area contributed by atoms with Gasteiger partial charge < -0.3 is 14.4 Å². The number of piperazine rings is 1. The topological polar surface area (TPSA) is 45.6 Å². The molecule has 2 amide bonds. The summed E-state index contributed by atoms with van der Waals surface area (Å²) in [5, 5.41) is 1.05. The van der Waals surface area contributed by atoms with Gasteiger partial charge in [-0.1, -0.05) is 43.6 Å². The molecule has 2 heterocycles. The van der Waals surface area contributed by atoms with Gasteiger partial charge in [0.05, 0.1) is 16.1 Å². The van der Waals surface area contributed by atoms with Crippen LogP contribution in [0.25, 0.3) is 10.9 Å². The van der Waals surface area contributed by atoms with Crippen molar-refractivity contribution in [3.63, 3.8) is 0 Å². The lowest BCUT2D eigenvalue weighted by atomic mass is 10.1. The second kappa shape index (κ2) is 8.71. The minimum Gasteiger partial charge on any atom is -0.346 e. The fourth-order valence-electron chi connectivity index (χ4n) is 4.08. The monoisotopic (exact) mass is 441 g/mol. The fourth-order valence-corrected chi connectivity index (χ4v) is 4.33. The Hall–Kier alpha value is -2.86. The minimum atomic E-state index is -0.478. The average molecular weight is 442 g/mol. The normalized spacial score (nSPS) is 14.5. The van der Waals surface area contributed by atoms with E-state index in [-0.39, 0.29) is 22.4 Å². The largest absolute Gasteiger partial charge is 0.346 e. The van der Waals surface area contributed by atoms with Gasteiger partial charge in [-0.05, 0) is 30.2 Å². The minimum absolute atomic E-state index is 0.0226. The highest BCUT2D eigenvalue weighted by Crippen LogP contribution is 2.25. The third kappa shape index (κ3) is 4.30. The van der Waals surface area contributed by atoms with Gasteiger partial charge in [0, 0.05) is 49.8 Å². The van der Waals surface area contributed by atoms with Crippen LogP contribution < -0.4 is 0 Å². The summed E-state index contributed by atoms with van der Waals surface area (Å²) in [7, 11) is 0. The van der Waals surface area contributed by atoms with E-state index >= 15 is 0 Å². The second-order valence-corrected chi connectivity index (χ2v) is 8.72. The van der Waals surface area contributed by atoms with Crippen LogP contribution in [0.1, 0.15) is 34.6 Å². The number of amides is 2. The lowest BCUT2D eigenvalue weighted by Gasteiger charge is -2.35. The van der Waals surface area contributed by atoms with Crippen LogP contribution in [0.2, 0.25) is 5.02 Å². The van der Waals surface area contributed by atoms with Gasteiger partial charge >= 0.3 is 0 Å². The summed E-state index contributed by atoms with van der Waals surface area (Å²) in [6, 6.07) is 11.7. The van der Waals surface area contributed by atoms with Gasteiger partial charge in [-0.3, -0.25) is 9.59 Å². The van der Waals surface area contributed by atoms with E-state index in [1.54, 1.807) is 9.80 Å². The maximum absolute atomic E-state index is 13.3. The Kier molecular flexibility index (Phi) is 6.01. The van der Waals surface area contributed by atoms with E-state index in [0.717, 1.165) is 23.5 Å². The number of para-hydroxylation sites is 1. The van der Waals surface area contributed by atoms with Gasteiger partial charge in [-0.15, -0.1) is 0 Å². The molecule has 1 aliphatic rings. The Balaban J connectivity index is 1.49. The molecule has 0 saturated carbocycles. The zero-order chi connectivity index (χ0) is 22.1. The first-order valence-electron chi connectivity index (χ1n) is 10.5. The van der Waals surface area contributed by atoms with Crippen LogP contribution in [0.3, 0.4) is 0 Å². The Bertz CT molecular complexity index is 1130. The van der Waals surface area contributed by atoms with Gasteiger partial charge in [0.2, 0.25) is 0 Å². The number of benzene rings is 2. The number of rotatable bonds is 4. The second-order valence-electron chi connectivity index (χ2n) is 8.31.